The molecular formula is C47H78CrN6O5+2. The molecule has 0 bridgehead atoms. The average Bonchev–Trinajstić information content (AvgIpc) is 3.17. The summed E-state index contributed by atoms with van der Waals surface area (Å²) in [5, 5.41) is 36.3. The van der Waals surface area contributed by atoms with Crippen molar-refractivity contribution in [3.05, 3.63) is 57.6 Å². The molecular weight excluding hydrogens is 781 g/mol. The molecule has 3 aliphatic rings. The number of aliphatic imine (C=N–C) groups is 2. The van der Waals surface area contributed by atoms with E-state index in [1.165, 1.54) is 74.5 Å². The number of aromatic hydroxyl groups is 2. The van der Waals surface area contributed by atoms with E-state index in [4.69, 9.17) is 25.0 Å². The number of carbonyl (C=O) groups is 1. The molecule has 2 heterocycles. The molecule has 0 spiro atoms. The summed E-state index contributed by atoms with van der Waals surface area (Å²) in [5.41, 5.74) is 5.77. The number of guanidine groups is 1. The van der Waals surface area contributed by atoms with E-state index in [0.29, 0.717) is 11.5 Å². The molecule has 0 amide bonds. The fourth-order valence-electron chi connectivity index (χ4n) is 8.97. The predicted octanol–water partition coefficient (Wildman–Crippen LogP) is 8.70. The van der Waals surface area contributed by atoms with Gasteiger partial charge in [0.05, 0.1) is 77.5 Å². The maximum absolute atomic E-state index is 11.7. The minimum absolute atomic E-state index is 0. The summed E-state index contributed by atoms with van der Waals surface area (Å²) in [4.78, 5) is 24.0. The van der Waals surface area contributed by atoms with Gasteiger partial charge in [-0.05, 0) is 100 Å². The largest absolute Gasteiger partial charge is 0.507 e. The number of hydrogen-bond donors (Lipinski definition) is 4. The van der Waals surface area contributed by atoms with Crippen LogP contribution in [0.25, 0.3) is 0 Å². The van der Waals surface area contributed by atoms with Crippen LogP contribution in [0, 0.1) is 13.8 Å². The van der Waals surface area contributed by atoms with Crippen LogP contribution in [0.2, 0.25) is 0 Å². The molecule has 2 aromatic rings. The van der Waals surface area contributed by atoms with Crippen LogP contribution < -0.4 is 0 Å². The monoisotopic (exact) mass is 859 g/mol. The zero-order valence-electron chi connectivity index (χ0n) is 36.8. The molecule has 1 aliphatic carbocycles. The number of hydrogen-bond acceptors (Lipinski definition) is 7. The first-order valence-electron chi connectivity index (χ1n) is 21.7. The maximum Gasteiger partial charge on any atom is 0.503 e. The van der Waals surface area contributed by atoms with Gasteiger partial charge in [0.2, 0.25) is 0 Å². The molecule has 0 aromatic heterocycles. The van der Waals surface area contributed by atoms with E-state index < -0.39 is 6.16 Å². The van der Waals surface area contributed by atoms with E-state index in [9.17, 15) is 10.2 Å². The fourth-order valence-corrected chi connectivity index (χ4v) is 8.97. The quantitative estimate of drug-likeness (QED) is 0.0801. The second-order valence-corrected chi connectivity index (χ2v) is 17.5. The molecule has 2 aromatic carbocycles. The van der Waals surface area contributed by atoms with Crippen molar-refractivity contribution in [1.29, 1.82) is 0 Å². The standard InChI is InChI=1S/C45H70N6O2.CH2O3.CH4.Cr/c1-9-51(10-2,11-3)27-17-26-50-25-16-24-49-23-15-22-48(44(49)50)21-14-18-36-30-39(45(6,7)8)31-38(43(36)53)33-47-41-20-13-12-19-40(41)46-32-37-29-34(4)28-35(5)42(37)52;2-1(3)4;;/h28-33,40-41H,9-27H2,1-8H3;(H2,2,3,4);1H4;/p+2. The number of phenols is 2. The smallest absolute Gasteiger partial charge is 0.503 e. The number of quaternary nitrogens is 1. The summed E-state index contributed by atoms with van der Waals surface area (Å²) < 4.78 is 3.86. The molecule has 1 fully saturated rings. The third-order valence-corrected chi connectivity index (χ3v) is 12.6. The van der Waals surface area contributed by atoms with Crippen molar-refractivity contribution in [3.8, 4) is 11.5 Å². The second-order valence-electron chi connectivity index (χ2n) is 17.5. The minimum atomic E-state index is -1.83. The van der Waals surface area contributed by atoms with Gasteiger partial charge in [-0.1, -0.05) is 53.2 Å². The molecule has 0 radical (unpaired) electrons. The summed E-state index contributed by atoms with van der Waals surface area (Å²) >= 11 is 0. The van der Waals surface area contributed by atoms with Gasteiger partial charge in [-0.15, -0.1) is 0 Å². The molecule has 12 heteroatoms. The van der Waals surface area contributed by atoms with E-state index >= 15 is 0 Å². The topological polar surface area (TPSA) is 132 Å². The molecule has 330 valence electrons. The summed E-state index contributed by atoms with van der Waals surface area (Å²) in [6.07, 6.45) is 11.7. The van der Waals surface area contributed by atoms with Crippen molar-refractivity contribution >= 4 is 24.5 Å². The summed E-state index contributed by atoms with van der Waals surface area (Å²) in [5.74, 6) is 2.13. The van der Waals surface area contributed by atoms with E-state index in [1.54, 1.807) is 0 Å². The van der Waals surface area contributed by atoms with Crippen molar-refractivity contribution in [2.24, 2.45) is 9.98 Å². The Hall–Kier alpha value is -3.59. The van der Waals surface area contributed by atoms with Crippen molar-refractivity contribution in [2.45, 2.75) is 138 Å². The Morgan fingerprint density at radius 1 is 0.814 bits per heavy atom. The SMILES string of the molecule is C.CC[N+](CC)(CC)CCCN1CCC[N+]2=C1N(CCCc1cc(C(C)(C)C)cc(C=NC3CCCCC3N=Cc3cc(C)cc(C)c3O)c1O)CCC2.O=C(O)O.[Cr]. The number of rotatable bonds is 15. The van der Waals surface area contributed by atoms with Crippen LogP contribution in [0.3, 0.4) is 0 Å². The molecule has 59 heavy (non-hydrogen) atoms. The van der Waals surface area contributed by atoms with Gasteiger partial charge in [-0.3, -0.25) is 24.4 Å². The van der Waals surface area contributed by atoms with Crippen molar-refractivity contribution in [1.82, 2.24) is 9.80 Å². The maximum atomic E-state index is 11.7. The van der Waals surface area contributed by atoms with E-state index in [0.717, 1.165) is 92.5 Å². The van der Waals surface area contributed by atoms with Gasteiger partial charge in [0.15, 0.2) is 0 Å². The van der Waals surface area contributed by atoms with E-state index in [-0.39, 0.29) is 42.3 Å². The molecule has 2 aliphatic heterocycles. The normalized spacial score (nSPS) is 18.6. The summed E-state index contributed by atoms with van der Waals surface area (Å²) in [6, 6.07) is 8.46. The van der Waals surface area contributed by atoms with Crippen LogP contribution in [0.15, 0.2) is 34.3 Å². The van der Waals surface area contributed by atoms with Crippen LogP contribution in [0.4, 0.5) is 4.79 Å². The average molecular weight is 859 g/mol. The predicted molar refractivity (Wildman–Crippen MR) is 240 cm³/mol. The first kappa shape index (κ1) is 51.6. The molecule has 1 saturated carbocycles. The Kier molecular flexibility index (Phi) is 21.0. The number of benzene rings is 2. The second kappa shape index (κ2) is 24.0. The van der Waals surface area contributed by atoms with E-state index in [1.807, 2.05) is 38.4 Å². The van der Waals surface area contributed by atoms with Gasteiger partial charge in [-0.2, -0.15) is 0 Å². The zero-order chi connectivity index (χ0) is 41.8. The van der Waals surface area contributed by atoms with Gasteiger partial charge in [0, 0.05) is 60.2 Å². The number of carboxylic acid groups (broad SMARTS) is 2. The van der Waals surface area contributed by atoms with Crippen LogP contribution in [0.1, 0.15) is 134 Å². The Bertz CT molecular complexity index is 1720. The molecule has 0 saturated heterocycles. The third kappa shape index (κ3) is 14.5. The van der Waals surface area contributed by atoms with Crippen LogP contribution in [-0.4, -0.2) is 141 Å². The Morgan fingerprint density at radius 3 is 1.83 bits per heavy atom. The Balaban J connectivity index is 0.00000191. The minimum Gasteiger partial charge on any atom is -0.507 e. The van der Waals surface area contributed by atoms with Crippen LogP contribution in [-0.2, 0) is 29.2 Å². The first-order valence-corrected chi connectivity index (χ1v) is 21.7. The molecule has 2 atom stereocenters. The molecule has 2 unspecified atom stereocenters. The first-order chi connectivity index (χ1) is 27.1. The van der Waals surface area contributed by atoms with Crippen molar-refractivity contribution < 1.29 is 51.6 Å². The van der Waals surface area contributed by atoms with Crippen LogP contribution >= 0.6 is 0 Å². The van der Waals surface area contributed by atoms with Gasteiger partial charge in [0.1, 0.15) is 11.5 Å². The van der Waals surface area contributed by atoms with Gasteiger partial charge in [0.25, 0.3) is 0 Å². The van der Waals surface area contributed by atoms with E-state index in [2.05, 4.69) is 68.1 Å². The Morgan fingerprint density at radius 2 is 1.32 bits per heavy atom. The summed E-state index contributed by atoms with van der Waals surface area (Å²) in [6.45, 7) is 29.4. The van der Waals surface area contributed by atoms with Crippen LogP contribution in [0.5, 0.6) is 11.5 Å². The van der Waals surface area contributed by atoms with Gasteiger partial charge in [-0.25, -0.2) is 4.79 Å². The van der Waals surface area contributed by atoms with Crippen molar-refractivity contribution in [2.75, 3.05) is 65.4 Å². The van der Waals surface area contributed by atoms with Gasteiger partial charge < -0.3 is 24.9 Å². The number of nitrogens with zero attached hydrogens (tertiary/aromatic N) is 6. The number of phenolic OH excluding ortho intramolecular Hbond substituents is 2. The Labute approximate surface area is 367 Å². The van der Waals surface area contributed by atoms with Crippen molar-refractivity contribution in [3.63, 3.8) is 0 Å². The third-order valence-electron chi connectivity index (χ3n) is 12.6. The molecule has 5 rings (SSSR count). The fraction of sp³-hybridized carbons (Fsp3) is 0.660. The summed E-state index contributed by atoms with van der Waals surface area (Å²) in [7, 11) is 0. The zero-order valence-corrected chi connectivity index (χ0v) is 38.1. The molecule has 11 nitrogen and oxygen atoms in total. The van der Waals surface area contributed by atoms with Gasteiger partial charge >= 0.3 is 12.1 Å². The number of aryl methyl sites for hydroxylation is 3. The molecule has 4 N–H and O–H groups in total.